The van der Waals surface area contributed by atoms with Crippen molar-refractivity contribution >= 4 is 36.5 Å². The van der Waals surface area contributed by atoms with Crippen LogP contribution in [-0.2, 0) is 17.1 Å². The fourth-order valence-corrected chi connectivity index (χ4v) is 5.77. The molecule has 0 spiro atoms. The van der Waals surface area contributed by atoms with E-state index in [1.165, 1.54) is 21.5 Å². The summed E-state index contributed by atoms with van der Waals surface area (Å²) in [7, 11) is -0.511. The first-order valence-electron chi connectivity index (χ1n) is 8.78. The van der Waals surface area contributed by atoms with Crippen molar-refractivity contribution in [3.05, 3.63) is 115 Å². The van der Waals surface area contributed by atoms with E-state index in [1.807, 2.05) is 30.3 Å². The van der Waals surface area contributed by atoms with Gasteiger partial charge in [-0.1, -0.05) is 75.5 Å². The Bertz CT molecular complexity index is 810. The summed E-state index contributed by atoms with van der Waals surface area (Å²) in [4.78, 5) is 0. The largest absolute Gasteiger partial charge is 2.00 e. The second kappa shape index (κ2) is 11.3. The summed E-state index contributed by atoms with van der Waals surface area (Å²) in [6, 6.07) is 38.2. The van der Waals surface area contributed by atoms with Gasteiger partial charge in [0.15, 0.2) is 0 Å². The van der Waals surface area contributed by atoms with Crippen LogP contribution in [0.2, 0.25) is 0 Å². The second-order valence-corrected chi connectivity index (χ2v) is 8.97. The number of benzene rings is 2. The average molecular weight is 430 g/mol. The van der Waals surface area contributed by atoms with Crippen molar-refractivity contribution in [2.45, 2.75) is 12.2 Å². The summed E-state index contributed by atoms with van der Waals surface area (Å²) >= 11 is 4.65. The molecule has 0 bridgehead atoms. The van der Waals surface area contributed by atoms with Gasteiger partial charge in [-0.3, -0.25) is 0 Å². The molecule has 0 heterocycles. The Labute approximate surface area is 180 Å². The van der Waals surface area contributed by atoms with Gasteiger partial charge in [-0.15, -0.1) is 10.9 Å². The van der Waals surface area contributed by atoms with Crippen LogP contribution in [0, 0.1) is 0 Å². The molecule has 0 aromatic heterocycles. The van der Waals surface area contributed by atoms with Crippen LogP contribution in [0.4, 0.5) is 0 Å². The Hall–Kier alpha value is -1.56. The molecular formula is C24H23FePS. The molecule has 0 N–H and O–H groups in total. The van der Waals surface area contributed by atoms with Crippen molar-refractivity contribution in [1.82, 2.24) is 0 Å². The summed E-state index contributed by atoms with van der Waals surface area (Å²) in [6.45, 7) is 2.14. The van der Waals surface area contributed by atoms with E-state index in [4.69, 9.17) is 0 Å². The van der Waals surface area contributed by atoms with Crippen LogP contribution in [0.5, 0.6) is 0 Å². The number of thiol groups is 1. The molecule has 0 fully saturated rings. The Morgan fingerprint density at radius 2 is 1.30 bits per heavy atom. The Kier molecular flexibility index (Phi) is 9.11. The molecule has 3 heteroatoms. The summed E-state index contributed by atoms with van der Waals surface area (Å²) in [5.74, 6) is 0. The topological polar surface area (TPSA) is 0 Å². The van der Waals surface area contributed by atoms with Crippen LogP contribution < -0.4 is 15.9 Å². The number of hydrogen-bond donors (Lipinski definition) is 1. The van der Waals surface area contributed by atoms with Crippen molar-refractivity contribution in [2.75, 3.05) is 0 Å². The van der Waals surface area contributed by atoms with Gasteiger partial charge in [-0.2, -0.15) is 36.9 Å². The third-order valence-corrected chi connectivity index (χ3v) is 6.90. The molecule has 138 valence electrons. The van der Waals surface area contributed by atoms with Crippen LogP contribution in [0.15, 0.2) is 109 Å². The summed E-state index contributed by atoms with van der Waals surface area (Å²) in [6.07, 6.45) is 0. The van der Waals surface area contributed by atoms with Crippen LogP contribution in [-0.4, -0.2) is 0 Å². The zero-order valence-electron chi connectivity index (χ0n) is 15.2. The van der Waals surface area contributed by atoms with Gasteiger partial charge in [-0.05, 0) is 10.6 Å². The smallest absolute Gasteiger partial charge is 0.214 e. The van der Waals surface area contributed by atoms with Crippen LogP contribution in [0.3, 0.4) is 0 Å². The third kappa shape index (κ3) is 5.96. The minimum absolute atomic E-state index is 0. The zero-order valence-corrected chi connectivity index (χ0v) is 18.1. The number of rotatable bonds is 4. The maximum Gasteiger partial charge on any atom is 2.00 e. The summed E-state index contributed by atoms with van der Waals surface area (Å²) in [5.41, 5.74) is 1.34. The zero-order chi connectivity index (χ0) is 18.2. The molecule has 0 amide bonds. The summed E-state index contributed by atoms with van der Waals surface area (Å²) in [5, 5.41) is 4.46. The quantitative estimate of drug-likeness (QED) is 0.186. The van der Waals surface area contributed by atoms with Crippen LogP contribution >= 0.6 is 20.6 Å². The predicted molar refractivity (Wildman–Crippen MR) is 120 cm³/mol. The molecule has 4 aromatic carbocycles. The van der Waals surface area contributed by atoms with E-state index in [-0.39, 0.29) is 22.3 Å². The first kappa shape index (κ1) is 21.7. The van der Waals surface area contributed by atoms with E-state index in [0.717, 1.165) is 0 Å². The fourth-order valence-electron chi connectivity index (χ4n) is 2.88. The molecule has 0 saturated carbocycles. The van der Waals surface area contributed by atoms with E-state index in [2.05, 4.69) is 98.4 Å². The monoisotopic (exact) mass is 430 g/mol. The molecule has 4 rings (SSSR count). The van der Waals surface area contributed by atoms with E-state index < -0.39 is 7.92 Å². The van der Waals surface area contributed by atoms with Crippen molar-refractivity contribution in [1.29, 1.82) is 0 Å². The predicted octanol–water partition coefficient (Wildman–Crippen LogP) is 5.56. The Morgan fingerprint density at radius 3 is 1.70 bits per heavy atom. The molecule has 0 aliphatic rings. The Balaban J connectivity index is 0.000000379. The molecule has 0 aliphatic carbocycles. The van der Waals surface area contributed by atoms with Gasteiger partial charge in [-0.25, -0.2) is 24.3 Å². The van der Waals surface area contributed by atoms with Crippen molar-refractivity contribution < 1.29 is 17.1 Å². The molecule has 0 nitrogen and oxygen atoms in total. The third-order valence-electron chi connectivity index (χ3n) is 4.10. The van der Waals surface area contributed by atoms with E-state index in [0.29, 0.717) is 0 Å². The molecule has 0 radical (unpaired) electrons. The molecule has 4 aromatic rings. The van der Waals surface area contributed by atoms with Gasteiger partial charge in [0.05, 0.1) is 0 Å². The van der Waals surface area contributed by atoms with Crippen molar-refractivity contribution in [3.8, 4) is 0 Å². The van der Waals surface area contributed by atoms with Gasteiger partial charge < -0.3 is 0 Å². The minimum Gasteiger partial charge on any atom is -0.214 e. The van der Waals surface area contributed by atoms with Crippen molar-refractivity contribution in [3.63, 3.8) is 0 Å². The van der Waals surface area contributed by atoms with E-state index in [9.17, 15) is 0 Å². The van der Waals surface area contributed by atoms with Gasteiger partial charge in [0, 0.05) is 5.25 Å². The van der Waals surface area contributed by atoms with E-state index >= 15 is 0 Å². The fraction of sp³-hybridized carbons (Fsp3) is 0.0833. The van der Waals surface area contributed by atoms with Gasteiger partial charge >= 0.3 is 17.1 Å². The van der Waals surface area contributed by atoms with E-state index in [1.54, 1.807) is 0 Å². The number of hydrogen-bond acceptors (Lipinski definition) is 1. The van der Waals surface area contributed by atoms with Gasteiger partial charge in [0.25, 0.3) is 0 Å². The molecule has 0 saturated heterocycles. The molecule has 27 heavy (non-hydrogen) atoms. The maximum absolute atomic E-state index is 4.65. The maximum atomic E-state index is 4.65. The average Bonchev–Trinajstić information content (AvgIpc) is 3.39. The standard InChI is InChI=1S/C19H18PS.C5H5.Fe/c1-15(21)18-13-8-14-19(18)20(16-9-4-2-5-10-16)17-11-6-3-7-12-17;1-2-4-5-3-1;/h2-15,21H,1H3;1-5H;/q2*-1;+2. The van der Waals surface area contributed by atoms with Crippen LogP contribution in [0.1, 0.15) is 17.7 Å². The normalized spacial score (nSPS) is 11.2. The van der Waals surface area contributed by atoms with Crippen LogP contribution in [0.25, 0.3) is 0 Å². The molecule has 0 aliphatic heterocycles. The Morgan fingerprint density at radius 1 is 0.778 bits per heavy atom. The van der Waals surface area contributed by atoms with Gasteiger partial charge in [0.2, 0.25) is 0 Å². The molecular weight excluding hydrogens is 407 g/mol. The molecule has 1 atom stereocenters. The first-order valence-corrected chi connectivity index (χ1v) is 10.6. The van der Waals surface area contributed by atoms with Crippen molar-refractivity contribution in [2.24, 2.45) is 0 Å². The summed E-state index contributed by atoms with van der Waals surface area (Å²) < 4.78 is 0. The van der Waals surface area contributed by atoms with Gasteiger partial charge in [0.1, 0.15) is 0 Å². The minimum atomic E-state index is -0.511. The first-order chi connectivity index (χ1) is 12.8. The second-order valence-electron chi connectivity index (χ2n) is 6.01. The SMILES string of the molecule is CC(S)c1ccc[c-]1P(c1ccccc1)c1ccccc1.[Fe+2].c1cc[cH-]c1. The molecule has 1 unspecified atom stereocenters.